The maximum Gasteiger partial charge on any atom is 0.303 e. The fourth-order valence-electron chi connectivity index (χ4n) is 4.10. The fraction of sp³-hybridized carbons (Fsp3) is 0.345. The lowest BCUT2D eigenvalue weighted by atomic mass is 9.99. The van der Waals surface area contributed by atoms with Gasteiger partial charge in [-0.2, -0.15) is 0 Å². The molecule has 3 aromatic rings. The Bertz CT molecular complexity index is 1050. The zero-order chi connectivity index (χ0) is 25.2. The molecule has 6 nitrogen and oxygen atoms in total. The molecule has 0 amide bonds. The van der Waals surface area contributed by atoms with E-state index in [4.69, 9.17) is 35.3 Å². The maximum atomic E-state index is 12.1. The van der Waals surface area contributed by atoms with Gasteiger partial charge >= 0.3 is 5.97 Å². The highest BCUT2D eigenvalue weighted by molar-refractivity contribution is 6.20. The number of ether oxygens (including phenoxy) is 5. The second-order valence-electron chi connectivity index (χ2n) is 8.62. The lowest BCUT2D eigenvalue weighted by Gasteiger charge is -2.43. The van der Waals surface area contributed by atoms with Crippen LogP contribution in [0.3, 0.4) is 0 Å². The monoisotopic (exact) mass is 510 g/mol. The summed E-state index contributed by atoms with van der Waals surface area (Å²) in [7, 11) is 0. The van der Waals surface area contributed by atoms with E-state index >= 15 is 0 Å². The molecule has 0 aromatic heterocycles. The van der Waals surface area contributed by atoms with Crippen molar-refractivity contribution in [1.29, 1.82) is 0 Å². The van der Waals surface area contributed by atoms with E-state index in [1.54, 1.807) is 0 Å². The third-order valence-electron chi connectivity index (χ3n) is 5.84. The van der Waals surface area contributed by atoms with Gasteiger partial charge in [0.25, 0.3) is 0 Å². The van der Waals surface area contributed by atoms with Crippen molar-refractivity contribution in [3.05, 3.63) is 108 Å². The third kappa shape index (κ3) is 7.63. The normalized spacial score (nSPS) is 23.8. The molecule has 1 aliphatic heterocycles. The summed E-state index contributed by atoms with van der Waals surface area (Å²) in [6.07, 6.45) is -2.74. The molecular formula is C29H31ClO6. The highest BCUT2D eigenvalue weighted by Gasteiger charge is 2.49. The molecule has 7 heteroatoms. The average molecular weight is 511 g/mol. The minimum absolute atomic E-state index is 0.209. The molecule has 1 saturated heterocycles. The Kier molecular flexibility index (Phi) is 9.90. The van der Waals surface area contributed by atoms with E-state index in [-0.39, 0.29) is 13.2 Å². The van der Waals surface area contributed by atoms with Gasteiger partial charge in [0.1, 0.15) is 18.3 Å². The van der Waals surface area contributed by atoms with Gasteiger partial charge in [0, 0.05) is 6.92 Å². The van der Waals surface area contributed by atoms with E-state index in [9.17, 15) is 4.79 Å². The van der Waals surface area contributed by atoms with Crippen LogP contribution in [0, 0.1) is 0 Å². The maximum absolute atomic E-state index is 12.1. The van der Waals surface area contributed by atoms with Gasteiger partial charge < -0.3 is 23.7 Å². The molecule has 190 valence electrons. The molecule has 0 spiro atoms. The molecular weight excluding hydrogens is 480 g/mol. The standard InChI is InChI=1S/C29H31ClO6/c1-21(31)35-27-26(33-18-23-13-7-3-8-14-23)25(20-32-17-22-11-5-2-6-12-22)36-29(30)28(27)34-19-24-15-9-4-10-16-24/h2-16,25-29H,17-20H2,1H3/t25-,26-,27+,28-,29+/m1/s1. The first-order chi connectivity index (χ1) is 17.6. The van der Waals surface area contributed by atoms with Crippen molar-refractivity contribution >= 4 is 17.6 Å². The summed E-state index contributed by atoms with van der Waals surface area (Å²) in [6.45, 7) is 2.57. The van der Waals surface area contributed by atoms with Gasteiger partial charge in [-0.15, -0.1) is 0 Å². The van der Waals surface area contributed by atoms with Crippen LogP contribution in [-0.4, -0.2) is 42.6 Å². The van der Waals surface area contributed by atoms with E-state index in [0.717, 1.165) is 16.7 Å². The third-order valence-corrected chi connectivity index (χ3v) is 6.19. The summed E-state index contributed by atoms with van der Waals surface area (Å²) in [5.74, 6) is -0.448. The molecule has 0 unspecified atom stereocenters. The van der Waals surface area contributed by atoms with Crippen molar-refractivity contribution in [2.24, 2.45) is 0 Å². The number of rotatable bonds is 11. The van der Waals surface area contributed by atoms with Gasteiger partial charge in [0.15, 0.2) is 11.7 Å². The zero-order valence-electron chi connectivity index (χ0n) is 20.2. The lowest BCUT2D eigenvalue weighted by Crippen LogP contribution is -2.60. The predicted octanol–water partition coefficient (Wildman–Crippen LogP) is 5.27. The smallest absolute Gasteiger partial charge is 0.303 e. The number of benzene rings is 3. The minimum atomic E-state index is -0.861. The summed E-state index contributed by atoms with van der Waals surface area (Å²) >= 11 is 6.65. The van der Waals surface area contributed by atoms with Gasteiger partial charge in [0.2, 0.25) is 0 Å². The van der Waals surface area contributed by atoms with Gasteiger partial charge in [0.05, 0.1) is 26.4 Å². The van der Waals surface area contributed by atoms with E-state index in [1.165, 1.54) is 6.92 Å². The Morgan fingerprint density at radius 1 is 0.722 bits per heavy atom. The molecule has 5 atom stereocenters. The summed E-state index contributed by atoms with van der Waals surface area (Å²) in [5, 5.41) is 0. The topological polar surface area (TPSA) is 63.2 Å². The van der Waals surface area contributed by atoms with Crippen molar-refractivity contribution in [2.75, 3.05) is 6.61 Å². The quantitative estimate of drug-likeness (QED) is 0.259. The zero-order valence-corrected chi connectivity index (χ0v) is 21.0. The second-order valence-corrected chi connectivity index (χ2v) is 9.05. The number of carbonyl (C=O) groups excluding carboxylic acids is 1. The second kappa shape index (κ2) is 13.5. The number of carbonyl (C=O) groups is 1. The lowest BCUT2D eigenvalue weighted by molar-refractivity contribution is -0.249. The van der Waals surface area contributed by atoms with Gasteiger partial charge in [-0.1, -0.05) is 103 Å². The number of esters is 1. The van der Waals surface area contributed by atoms with E-state index < -0.39 is 35.9 Å². The van der Waals surface area contributed by atoms with Crippen LogP contribution in [0.4, 0.5) is 0 Å². The molecule has 0 aliphatic carbocycles. The first-order valence-corrected chi connectivity index (χ1v) is 12.4. The Hall–Kier alpha value is -2.74. The van der Waals surface area contributed by atoms with Crippen LogP contribution in [0.1, 0.15) is 23.6 Å². The molecule has 0 radical (unpaired) electrons. The number of hydrogen-bond acceptors (Lipinski definition) is 6. The molecule has 36 heavy (non-hydrogen) atoms. The predicted molar refractivity (Wildman–Crippen MR) is 136 cm³/mol. The molecule has 1 fully saturated rings. The highest BCUT2D eigenvalue weighted by Crippen LogP contribution is 2.32. The van der Waals surface area contributed by atoms with Crippen LogP contribution < -0.4 is 0 Å². The highest BCUT2D eigenvalue weighted by atomic mass is 35.5. The first kappa shape index (κ1) is 26.3. The molecule has 0 saturated carbocycles. The molecule has 0 bridgehead atoms. The molecule has 1 heterocycles. The Morgan fingerprint density at radius 2 is 1.19 bits per heavy atom. The van der Waals surface area contributed by atoms with E-state index in [1.807, 2.05) is 91.0 Å². The van der Waals surface area contributed by atoms with Crippen LogP contribution >= 0.6 is 11.6 Å². The van der Waals surface area contributed by atoms with Gasteiger partial charge in [-0.3, -0.25) is 4.79 Å². The van der Waals surface area contributed by atoms with Gasteiger partial charge in [-0.25, -0.2) is 0 Å². The van der Waals surface area contributed by atoms with E-state index in [0.29, 0.717) is 13.2 Å². The van der Waals surface area contributed by atoms with Crippen molar-refractivity contribution < 1.29 is 28.5 Å². The van der Waals surface area contributed by atoms with Crippen molar-refractivity contribution in [2.45, 2.75) is 56.7 Å². The van der Waals surface area contributed by atoms with Gasteiger partial charge in [-0.05, 0) is 16.7 Å². The van der Waals surface area contributed by atoms with Crippen LogP contribution in [0.5, 0.6) is 0 Å². The van der Waals surface area contributed by atoms with Crippen LogP contribution in [0.2, 0.25) is 0 Å². The van der Waals surface area contributed by atoms with E-state index in [2.05, 4.69) is 0 Å². The summed E-state index contributed by atoms with van der Waals surface area (Å²) < 4.78 is 30.3. The average Bonchev–Trinajstić information content (AvgIpc) is 2.89. The van der Waals surface area contributed by atoms with Crippen molar-refractivity contribution in [3.63, 3.8) is 0 Å². The SMILES string of the molecule is CC(=O)O[C@@H]1[C@@H](OCc2ccccc2)[C@@H](Cl)O[C@H](COCc2ccccc2)[C@H]1OCc1ccccc1. The van der Waals surface area contributed by atoms with Crippen molar-refractivity contribution in [3.8, 4) is 0 Å². The number of alkyl halides is 1. The Balaban J connectivity index is 1.51. The van der Waals surface area contributed by atoms with Crippen LogP contribution in [-0.2, 0) is 48.3 Å². The Morgan fingerprint density at radius 3 is 1.69 bits per heavy atom. The summed E-state index contributed by atoms with van der Waals surface area (Å²) in [6, 6.07) is 29.4. The summed E-state index contributed by atoms with van der Waals surface area (Å²) in [4.78, 5) is 12.1. The molecule has 3 aromatic carbocycles. The van der Waals surface area contributed by atoms with Crippen LogP contribution in [0.25, 0.3) is 0 Å². The molecule has 1 aliphatic rings. The fourth-order valence-corrected chi connectivity index (χ4v) is 4.45. The van der Waals surface area contributed by atoms with Crippen molar-refractivity contribution in [1.82, 2.24) is 0 Å². The largest absolute Gasteiger partial charge is 0.457 e. The van der Waals surface area contributed by atoms with Crippen LogP contribution in [0.15, 0.2) is 91.0 Å². The minimum Gasteiger partial charge on any atom is -0.457 e. The number of halogens is 1. The number of hydrogen-bond donors (Lipinski definition) is 0. The molecule has 4 rings (SSSR count). The first-order valence-electron chi connectivity index (χ1n) is 12.0. The summed E-state index contributed by atoms with van der Waals surface area (Å²) in [5.41, 5.74) is 2.13. The Labute approximate surface area is 217 Å². The molecule has 0 N–H and O–H groups in total.